The number of hydrogen-bond donors (Lipinski definition) is 1. The van der Waals surface area contributed by atoms with Gasteiger partial charge in [0.2, 0.25) is 0 Å². The van der Waals surface area contributed by atoms with Crippen molar-refractivity contribution in [1.82, 2.24) is 4.90 Å². The van der Waals surface area contributed by atoms with Crippen LogP contribution in [0.25, 0.3) is 0 Å². The van der Waals surface area contributed by atoms with Crippen LogP contribution in [-0.2, 0) is 0 Å². The molecule has 0 saturated carbocycles. The number of anilines is 2. The number of nitrogens with zero attached hydrogens (tertiary/aromatic N) is 2. The standard InChI is InChI=1S/C13H21N3/c1-10-12(14)5-4-6-13(10)16-8-7-11(9-16)15(2)3/h4-6,11H,7-9,14H2,1-3H3. The second kappa shape index (κ2) is 4.34. The van der Waals surface area contributed by atoms with Crippen molar-refractivity contribution in [3.8, 4) is 0 Å². The topological polar surface area (TPSA) is 32.5 Å². The van der Waals surface area contributed by atoms with Crippen LogP contribution in [0.3, 0.4) is 0 Å². The minimum Gasteiger partial charge on any atom is -0.398 e. The fourth-order valence-electron chi connectivity index (χ4n) is 2.37. The van der Waals surface area contributed by atoms with E-state index in [0.29, 0.717) is 6.04 Å². The first-order valence-electron chi connectivity index (χ1n) is 5.86. The highest BCUT2D eigenvalue weighted by Gasteiger charge is 2.24. The first-order valence-corrected chi connectivity index (χ1v) is 5.86. The lowest BCUT2D eigenvalue weighted by Crippen LogP contribution is -2.31. The van der Waals surface area contributed by atoms with Crippen LogP contribution in [0.2, 0.25) is 0 Å². The number of nitrogens with two attached hydrogens (primary N) is 1. The summed E-state index contributed by atoms with van der Waals surface area (Å²) in [6, 6.07) is 6.85. The van der Waals surface area contributed by atoms with Gasteiger partial charge in [-0.15, -0.1) is 0 Å². The van der Waals surface area contributed by atoms with Gasteiger partial charge >= 0.3 is 0 Å². The minimum atomic E-state index is 0.667. The lowest BCUT2D eigenvalue weighted by molar-refractivity contribution is 0.315. The summed E-state index contributed by atoms with van der Waals surface area (Å²) in [5, 5.41) is 0. The van der Waals surface area contributed by atoms with Crippen molar-refractivity contribution in [3.63, 3.8) is 0 Å². The van der Waals surface area contributed by atoms with Gasteiger partial charge in [-0.2, -0.15) is 0 Å². The monoisotopic (exact) mass is 219 g/mol. The molecule has 1 aliphatic rings. The van der Waals surface area contributed by atoms with Gasteiger partial charge in [-0.05, 0) is 45.1 Å². The van der Waals surface area contributed by atoms with E-state index in [1.54, 1.807) is 0 Å². The maximum atomic E-state index is 5.95. The van der Waals surface area contributed by atoms with Crippen LogP contribution in [0.1, 0.15) is 12.0 Å². The summed E-state index contributed by atoms with van der Waals surface area (Å²) in [7, 11) is 4.31. The predicted molar refractivity (Wildman–Crippen MR) is 69.9 cm³/mol. The average Bonchev–Trinajstić information content (AvgIpc) is 2.71. The van der Waals surface area contributed by atoms with Crippen molar-refractivity contribution in [2.75, 3.05) is 37.8 Å². The van der Waals surface area contributed by atoms with E-state index in [-0.39, 0.29) is 0 Å². The molecule has 1 saturated heterocycles. The third-order valence-electron chi connectivity index (χ3n) is 3.58. The molecule has 1 aromatic carbocycles. The Hall–Kier alpha value is -1.22. The van der Waals surface area contributed by atoms with Crippen LogP contribution in [0.5, 0.6) is 0 Å². The molecule has 0 radical (unpaired) electrons. The van der Waals surface area contributed by atoms with E-state index in [9.17, 15) is 0 Å². The lowest BCUT2D eigenvalue weighted by Gasteiger charge is -2.23. The summed E-state index contributed by atoms with van der Waals surface area (Å²) in [5.74, 6) is 0. The number of benzene rings is 1. The van der Waals surface area contributed by atoms with Crippen molar-refractivity contribution in [2.24, 2.45) is 0 Å². The molecule has 1 aromatic rings. The molecule has 0 aliphatic carbocycles. The van der Waals surface area contributed by atoms with Crippen LogP contribution in [0, 0.1) is 6.92 Å². The predicted octanol–water partition coefficient (Wildman–Crippen LogP) is 1.72. The zero-order valence-electron chi connectivity index (χ0n) is 10.4. The summed E-state index contributed by atoms with van der Waals surface area (Å²) in [6.07, 6.45) is 1.24. The highest BCUT2D eigenvalue weighted by molar-refractivity contribution is 5.64. The van der Waals surface area contributed by atoms with Gasteiger partial charge in [0.1, 0.15) is 0 Å². The van der Waals surface area contributed by atoms with Crippen molar-refractivity contribution in [1.29, 1.82) is 0 Å². The number of likely N-dealkylation sites (N-methyl/N-ethyl adjacent to an activating group) is 1. The third kappa shape index (κ3) is 2.00. The van der Waals surface area contributed by atoms with Crippen LogP contribution in [-0.4, -0.2) is 38.1 Å². The van der Waals surface area contributed by atoms with Crippen LogP contribution in [0.15, 0.2) is 18.2 Å². The Morgan fingerprint density at radius 3 is 2.75 bits per heavy atom. The second-order valence-electron chi connectivity index (χ2n) is 4.84. The van der Waals surface area contributed by atoms with Crippen LogP contribution >= 0.6 is 0 Å². The largest absolute Gasteiger partial charge is 0.398 e. The molecule has 3 heteroatoms. The smallest absolute Gasteiger partial charge is 0.0417 e. The third-order valence-corrected chi connectivity index (χ3v) is 3.58. The van der Waals surface area contributed by atoms with Gasteiger partial charge in [-0.1, -0.05) is 6.07 Å². The molecule has 0 spiro atoms. The average molecular weight is 219 g/mol. The van der Waals surface area contributed by atoms with Gasteiger partial charge in [-0.3, -0.25) is 0 Å². The van der Waals surface area contributed by atoms with Gasteiger partial charge in [0.15, 0.2) is 0 Å². The first kappa shape index (κ1) is 11.3. The molecule has 1 unspecified atom stereocenters. The maximum absolute atomic E-state index is 5.95. The van der Waals surface area contributed by atoms with E-state index in [1.165, 1.54) is 17.7 Å². The molecule has 2 rings (SSSR count). The van der Waals surface area contributed by atoms with Gasteiger partial charge in [0.05, 0.1) is 0 Å². The number of hydrogen-bond acceptors (Lipinski definition) is 3. The minimum absolute atomic E-state index is 0.667. The number of nitrogen functional groups attached to an aromatic ring is 1. The SMILES string of the molecule is Cc1c(N)cccc1N1CCC(N(C)C)C1. The molecular weight excluding hydrogens is 198 g/mol. The molecule has 2 N–H and O–H groups in total. The Morgan fingerprint density at radius 2 is 2.12 bits per heavy atom. The highest BCUT2D eigenvalue weighted by atomic mass is 15.2. The van der Waals surface area contributed by atoms with Crippen LogP contribution in [0.4, 0.5) is 11.4 Å². The van der Waals surface area contributed by atoms with E-state index < -0.39 is 0 Å². The Bertz CT molecular complexity index is 373. The summed E-state index contributed by atoms with van der Waals surface area (Å²) in [6.45, 7) is 4.35. The quantitative estimate of drug-likeness (QED) is 0.769. The molecule has 1 heterocycles. The lowest BCUT2D eigenvalue weighted by atomic mass is 10.1. The summed E-state index contributed by atoms with van der Waals surface area (Å²) in [5.41, 5.74) is 9.35. The van der Waals surface area contributed by atoms with E-state index in [1.807, 2.05) is 12.1 Å². The first-order chi connectivity index (χ1) is 7.59. The highest BCUT2D eigenvalue weighted by Crippen LogP contribution is 2.28. The molecule has 1 atom stereocenters. The molecule has 0 bridgehead atoms. The normalized spacial score (nSPS) is 20.8. The van der Waals surface area contributed by atoms with E-state index in [2.05, 4.69) is 36.9 Å². The Kier molecular flexibility index (Phi) is 3.06. The second-order valence-corrected chi connectivity index (χ2v) is 4.84. The summed E-state index contributed by atoms with van der Waals surface area (Å²) in [4.78, 5) is 4.75. The molecule has 16 heavy (non-hydrogen) atoms. The van der Waals surface area contributed by atoms with Gasteiger partial charge in [-0.25, -0.2) is 0 Å². The van der Waals surface area contributed by atoms with Crippen molar-refractivity contribution < 1.29 is 0 Å². The molecule has 88 valence electrons. The zero-order valence-corrected chi connectivity index (χ0v) is 10.4. The molecular formula is C13H21N3. The maximum Gasteiger partial charge on any atom is 0.0417 e. The van der Waals surface area contributed by atoms with Crippen molar-refractivity contribution >= 4 is 11.4 Å². The fraction of sp³-hybridized carbons (Fsp3) is 0.538. The van der Waals surface area contributed by atoms with Gasteiger partial charge in [0, 0.05) is 30.5 Å². The van der Waals surface area contributed by atoms with E-state index in [4.69, 9.17) is 5.73 Å². The fourth-order valence-corrected chi connectivity index (χ4v) is 2.37. The molecule has 1 fully saturated rings. The van der Waals surface area contributed by atoms with E-state index in [0.717, 1.165) is 18.8 Å². The van der Waals surface area contributed by atoms with Crippen LogP contribution < -0.4 is 10.6 Å². The zero-order chi connectivity index (χ0) is 11.7. The Balaban J connectivity index is 2.17. The molecule has 1 aliphatic heterocycles. The molecule has 0 amide bonds. The van der Waals surface area contributed by atoms with Gasteiger partial charge in [0.25, 0.3) is 0 Å². The van der Waals surface area contributed by atoms with E-state index >= 15 is 0 Å². The summed E-state index contributed by atoms with van der Waals surface area (Å²) >= 11 is 0. The van der Waals surface area contributed by atoms with Gasteiger partial charge < -0.3 is 15.5 Å². The number of rotatable bonds is 2. The Labute approximate surface area is 97.8 Å². The Morgan fingerprint density at radius 1 is 1.38 bits per heavy atom. The van der Waals surface area contributed by atoms with Crippen molar-refractivity contribution in [2.45, 2.75) is 19.4 Å². The summed E-state index contributed by atoms with van der Waals surface area (Å²) < 4.78 is 0. The van der Waals surface area contributed by atoms with Crippen molar-refractivity contribution in [3.05, 3.63) is 23.8 Å². The molecule has 3 nitrogen and oxygen atoms in total. The molecule has 0 aromatic heterocycles.